The molecule has 3 rings (SSSR count). The summed E-state index contributed by atoms with van der Waals surface area (Å²) in [4.78, 5) is 6.65. The zero-order valence-corrected chi connectivity index (χ0v) is 13.0. The van der Waals surface area contributed by atoms with Crippen LogP contribution in [0.1, 0.15) is 6.42 Å². The van der Waals surface area contributed by atoms with Crippen LogP contribution in [0.2, 0.25) is 5.15 Å². The predicted molar refractivity (Wildman–Crippen MR) is 65.8 cm³/mol. The third-order valence-corrected chi connectivity index (χ3v) is 4.33. The minimum Gasteiger partial charge on any atom is -1.00 e. The minimum atomic E-state index is 0. The van der Waals surface area contributed by atoms with Crippen LogP contribution in [0.3, 0.4) is 0 Å². The zero-order chi connectivity index (χ0) is 11.3. The fourth-order valence-electron chi connectivity index (χ4n) is 3.12. The first-order valence-corrected chi connectivity index (χ1v) is 6.15. The smallest absolute Gasteiger partial charge is 0.129 e. The van der Waals surface area contributed by atoms with Crippen LogP contribution in [0.15, 0.2) is 18.3 Å². The van der Waals surface area contributed by atoms with Crippen molar-refractivity contribution >= 4 is 17.3 Å². The van der Waals surface area contributed by atoms with Crippen molar-refractivity contribution in [3.8, 4) is 0 Å². The summed E-state index contributed by atoms with van der Waals surface area (Å²) in [6.45, 7) is 2.40. The van der Waals surface area contributed by atoms with Crippen LogP contribution in [0.5, 0.6) is 0 Å². The molecule has 2 aliphatic heterocycles. The first-order chi connectivity index (χ1) is 7.56. The minimum absolute atomic E-state index is 0. The molecule has 2 bridgehead atoms. The third-order valence-electron chi connectivity index (χ3n) is 4.11. The molecule has 3 heterocycles. The van der Waals surface area contributed by atoms with E-state index in [2.05, 4.69) is 30.0 Å². The highest BCUT2D eigenvalue weighted by molar-refractivity contribution is 6.29. The van der Waals surface area contributed by atoms with Gasteiger partial charge in [0.05, 0.1) is 45.1 Å². The molecule has 0 amide bonds. The molecule has 0 spiro atoms. The van der Waals surface area contributed by atoms with Crippen molar-refractivity contribution in [1.82, 2.24) is 4.98 Å². The Kier molecular flexibility index (Phi) is 3.58. The first-order valence-electron chi connectivity index (χ1n) is 5.77. The van der Waals surface area contributed by atoms with E-state index in [1.807, 2.05) is 12.3 Å². The van der Waals surface area contributed by atoms with Gasteiger partial charge in [-0.25, -0.2) is 4.98 Å². The van der Waals surface area contributed by atoms with Gasteiger partial charge in [-0.15, -0.1) is 0 Å². The van der Waals surface area contributed by atoms with Crippen molar-refractivity contribution in [3.63, 3.8) is 0 Å². The number of aromatic nitrogens is 1. The summed E-state index contributed by atoms with van der Waals surface area (Å²) in [6, 6.07) is 5.42. The lowest BCUT2D eigenvalue weighted by molar-refractivity contribution is -0.903. The topological polar surface area (TPSA) is 16.1 Å². The Hall–Kier alpha value is -0.0700. The quantitative estimate of drug-likeness (QED) is 0.352. The molecule has 94 valence electrons. The Morgan fingerprint density at radius 1 is 1.41 bits per heavy atom. The van der Waals surface area contributed by atoms with Gasteiger partial charge in [-0.05, 0) is 12.1 Å². The third kappa shape index (κ3) is 2.27. The van der Waals surface area contributed by atoms with Crippen molar-refractivity contribution in [3.05, 3.63) is 23.5 Å². The van der Waals surface area contributed by atoms with Crippen LogP contribution < -0.4 is 28.9 Å². The molecule has 2 aliphatic rings. The fraction of sp³-hybridized carbons (Fsp3) is 0.583. The lowest BCUT2D eigenvalue weighted by Crippen LogP contribution is -3.00. The van der Waals surface area contributed by atoms with Gasteiger partial charge in [0.15, 0.2) is 0 Å². The summed E-state index contributed by atoms with van der Waals surface area (Å²) >= 11 is 5.81. The highest BCUT2D eigenvalue weighted by atomic mass is 127. The van der Waals surface area contributed by atoms with Crippen LogP contribution in [0.4, 0.5) is 5.69 Å². The molecule has 0 N–H and O–H groups in total. The average Bonchev–Trinajstić information content (AvgIpc) is 2.74. The van der Waals surface area contributed by atoms with Crippen molar-refractivity contribution in [2.45, 2.75) is 18.5 Å². The van der Waals surface area contributed by atoms with Crippen molar-refractivity contribution in [2.75, 3.05) is 32.1 Å². The van der Waals surface area contributed by atoms with Gasteiger partial charge in [0.2, 0.25) is 0 Å². The summed E-state index contributed by atoms with van der Waals surface area (Å²) < 4.78 is 1.17. The van der Waals surface area contributed by atoms with Gasteiger partial charge in [0, 0.05) is 6.42 Å². The van der Waals surface area contributed by atoms with E-state index in [0.717, 1.165) is 12.6 Å². The van der Waals surface area contributed by atoms with Gasteiger partial charge in [-0.3, -0.25) is 0 Å². The van der Waals surface area contributed by atoms with Crippen LogP contribution in [0.25, 0.3) is 0 Å². The number of pyridine rings is 1. The molecule has 0 saturated carbocycles. The van der Waals surface area contributed by atoms with E-state index in [0.29, 0.717) is 11.2 Å². The number of anilines is 1. The number of piperazine rings is 1. The zero-order valence-electron chi connectivity index (χ0n) is 10.1. The second-order valence-corrected chi connectivity index (χ2v) is 5.88. The lowest BCUT2D eigenvalue weighted by Gasteiger charge is -2.39. The molecule has 1 aromatic heterocycles. The number of hydrogen-bond donors (Lipinski definition) is 0. The Morgan fingerprint density at radius 2 is 2.18 bits per heavy atom. The van der Waals surface area contributed by atoms with E-state index in [-0.39, 0.29) is 24.0 Å². The largest absolute Gasteiger partial charge is 1.00 e. The van der Waals surface area contributed by atoms with Gasteiger partial charge in [-0.1, -0.05) is 11.6 Å². The Labute approximate surface area is 124 Å². The molecule has 17 heavy (non-hydrogen) atoms. The molecule has 0 aromatic carbocycles. The monoisotopic (exact) mass is 365 g/mol. The molecule has 3 nitrogen and oxygen atoms in total. The number of halogens is 2. The van der Waals surface area contributed by atoms with Crippen LogP contribution >= 0.6 is 11.6 Å². The van der Waals surface area contributed by atoms with E-state index in [1.165, 1.54) is 23.1 Å². The van der Waals surface area contributed by atoms with Gasteiger partial charge in [0.1, 0.15) is 11.2 Å². The highest BCUT2D eigenvalue weighted by Gasteiger charge is 2.50. The number of fused-ring (bicyclic) bond motifs is 2. The van der Waals surface area contributed by atoms with E-state index >= 15 is 0 Å². The molecule has 0 aliphatic carbocycles. The molecular weight excluding hydrogens is 349 g/mol. The van der Waals surface area contributed by atoms with Crippen molar-refractivity contribution in [1.29, 1.82) is 0 Å². The Balaban J connectivity index is 0.00000108. The molecular formula is C12H17ClIN3. The average molecular weight is 366 g/mol. The second-order valence-electron chi connectivity index (χ2n) is 5.50. The maximum Gasteiger partial charge on any atom is 0.129 e. The summed E-state index contributed by atoms with van der Waals surface area (Å²) in [5.74, 6) is 0. The molecule has 2 atom stereocenters. The van der Waals surface area contributed by atoms with Crippen LogP contribution in [0, 0.1) is 0 Å². The van der Waals surface area contributed by atoms with Gasteiger partial charge in [-0.2, -0.15) is 0 Å². The van der Waals surface area contributed by atoms with Gasteiger partial charge in [0.25, 0.3) is 0 Å². The number of likely N-dealkylation sites (N-methyl/N-ethyl adjacent to an activating group) is 1. The Morgan fingerprint density at radius 3 is 2.65 bits per heavy atom. The SMILES string of the molecule is C[N+]1(C)CC2CC1CN2c1ccc(Cl)nc1.[I-]. The van der Waals surface area contributed by atoms with Crippen molar-refractivity contribution in [2.24, 2.45) is 0 Å². The van der Waals surface area contributed by atoms with Crippen LogP contribution in [-0.2, 0) is 0 Å². The van der Waals surface area contributed by atoms with Gasteiger partial charge < -0.3 is 33.4 Å². The van der Waals surface area contributed by atoms with E-state index in [9.17, 15) is 0 Å². The molecule has 2 saturated heterocycles. The standard InChI is InChI=1S/C12H17ClN3.HI/c1-16(2)8-10-5-11(16)7-15(10)9-3-4-12(13)14-6-9;/h3-4,6,10-11H,5,7-8H2,1-2H3;1H/q+1;/p-1. The number of quaternary nitrogens is 1. The second kappa shape index (κ2) is 4.55. The van der Waals surface area contributed by atoms with Gasteiger partial charge >= 0.3 is 0 Å². The Bertz CT molecular complexity index is 407. The summed E-state index contributed by atoms with van der Waals surface area (Å²) in [5.41, 5.74) is 1.22. The number of hydrogen-bond acceptors (Lipinski definition) is 2. The first kappa shape index (κ1) is 13.4. The molecule has 5 heteroatoms. The summed E-state index contributed by atoms with van der Waals surface area (Å²) in [6.07, 6.45) is 3.21. The lowest BCUT2D eigenvalue weighted by atomic mass is 10.2. The highest BCUT2D eigenvalue weighted by Crippen LogP contribution is 2.36. The van der Waals surface area contributed by atoms with E-state index in [4.69, 9.17) is 11.6 Å². The fourth-order valence-corrected chi connectivity index (χ4v) is 3.23. The number of likely N-dealkylation sites (tertiary alicyclic amines) is 1. The van der Waals surface area contributed by atoms with Crippen molar-refractivity contribution < 1.29 is 28.5 Å². The maximum atomic E-state index is 5.81. The van der Waals surface area contributed by atoms with Crippen LogP contribution in [-0.4, -0.2) is 48.7 Å². The summed E-state index contributed by atoms with van der Waals surface area (Å²) in [5, 5.41) is 0.573. The predicted octanol–water partition coefficient (Wildman–Crippen LogP) is -1.22. The number of rotatable bonds is 1. The van der Waals surface area contributed by atoms with E-state index in [1.54, 1.807) is 0 Å². The normalized spacial score (nSPS) is 29.2. The molecule has 0 radical (unpaired) electrons. The maximum absolute atomic E-state index is 5.81. The molecule has 1 aromatic rings. The summed E-state index contributed by atoms with van der Waals surface area (Å²) in [7, 11) is 4.67. The molecule has 2 unspecified atom stereocenters. The van der Waals surface area contributed by atoms with E-state index < -0.39 is 0 Å². The molecule has 2 fully saturated rings. The number of nitrogens with zero attached hydrogens (tertiary/aromatic N) is 3.